The maximum absolute atomic E-state index is 13.3. The number of para-hydroxylation sites is 1. The van der Waals surface area contributed by atoms with E-state index in [4.69, 9.17) is 10.5 Å². The van der Waals surface area contributed by atoms with Crippen molar-refractivity contribution in [3.8, 4) is 11.5 Å². The first-order valence-corrected chi connectivity index (χ1v) is 5.95. The Kier molecular flexibility index (Phi) is 2.80. The number of ether oxygens (including phenoxy) is 1. The lowest BCUT2D eigenvalue weighted by atomic mass is 10.1. The maximum Gasteiger partial charge on any atom is 0.153 e. The number of benzene rings is 3. The van der Waals surface area contributed by atoms with Gasteiger partial charge in [0.1, 0.15) is 17.3 Å². The van der Waals surface area contributed by atoms with Gasteiger partial charge in [0.25, 0.3) is 0 Å². The molecular formula is C16H12FNO. The van der Waals surface area contributed by atoms with Gasteiger partial charge in [0.15, 0.2) is 5.75 Å². The van der Waals surface area contributed by atoms with E-state index in [9.17, 15) is 4.39 Å². The van der Waals surface area contributed by atoms with E-state index < -0.39 is 5.82 Å². The Morgan fingerprint density at radius 2 is 1.63 bits per heavy atom. The van der Waals surface area contributed by atoms with Crippen LogP contribution in [0.25, 0.3) is 10.8 Å². The van der Waals surface area contributed by atoms with E-state index in [1.807, 2.05) is 42.5 Å². The lowest BCUT2D eigenvalue weighted by Gasteiger charge is -2.09. The normalized spacial score (nSPS) is 10.6. The quantitative estimate of drug-likeness (QED) is 0.689. The fourth-order valence-electron chi connectivity index (χ4n) is 1.96. The molecule has 3 aromatic carbocycles. The van der Waals surface area contributed by atoms with Gasteiger partial charge in [0, 0.05) is 0 Å². The second-order valence-corrected chi connectivity index (χ2v) is 4.26. The Morgan fingerprint density at radius 1 is 0.842 bits per heavy atom. The SMILES string of the molecule is Nc1c(F)cccc1Oc1ccc2ccccc2c1. The minimum absolute atomic E-state index is 0.0238. The summed E-state index contributed by atoms with van der Waals surface area (Å²) in [5, 5.41) is 2.19. The predicted molar refractivity (Wildman–Crippen MR) is 74.8 cm³/mol. The van der Waals surface area contributed by atoms with Crippen molar-refractivity contribution >= 4 is 16.5 Å². The summed E-state index contributed by atoms with van der Waals surface area (Å²) in [7, 11) is 0. The minimum Gasteiger partial charge on any atom is -0.455 e. The van der Waals surface area contributed by atoms with E-state index in [0.717, 1.165) is 10.8 Å². The van der Waals surface area contributed by atoms with E-state index in [1.165, 1.54) is 6.07 Å². The molecule has 0 saturated heterocycles. The van der Waals surface area contributed by atoms with Crippen LogP contribution in [0.2, 0.25) is 0 Å². The molecule has 0 radical (unpaired) electrons. The summed E-state index contributed by atoms with van der Waals surface area (Å²) in [5.74, 6) is 0.490. The van der Waals surface area contributed by atoms with Gasteiger partial charge in [0.2, 0.25) is 0 Å². The highest BCUT2D eigenvalue weighted by molar-refractivity contribution is 5.83. The van der Waals surface area contributed by atoms with Crippen LogP contribution in [0, 0.1) is 5.82 Å². The van der Waals surface area contributed by atoms with Gasteiger partial charge in [-0.3, -0.25) is 0 Å². The zero-order valence-electron chi connectivity index (χ0n) is 10.1. The molecule has 0 fully saturated rings. The molecule has 2 nitrogen and oxygen atoms in total. The van der Waals surface area contributed by atoms with Crippen LogP contribution < -0.4 is 10.5 Å². The van der Waals surface area contributed by atoms with Crippen LogP contribution in [0.4, 0.5) is 10.1 Å². The largest absolute Gasteiger partial charge is 0.455 e. The summed E-state index contributed by atoms with van der Waals surface area (Å²) >= 11 is 0. The fourth-order valence-corrected chi connectivity index (χ4v) is 1.96. The van der Waals surface area contributed by atoms with Crippen LogP contribution in [0.1, 0.15) is 0 Å². The van der Waals surface area contributed by atoms with Gasteiger partial charge in [-0.05, 0) is 35.0 Å². The number of nitrogens with two attached hydrogens (primary N) is 1. The molecule has 0 saturated carbocycles. The molecule has 0 amide bonds. The second-order valence-electron chi connectivity index (χ2n) is 4.26. The first-order valence-electron chi connectivity index (χ1n) is 5.95. The monoisotopic (exact) mass is 253 g/mol. The van der Waals surface area contributed by atoms with E-state index in [1.54, 1.807) is 12.1 Å². The van der Waals surface area contributed by atoms with Crippen LogP contribution in [0.5, 0.6) is 11.5 Å². The van der Waals surface area contributed by atoms with Crippen LogP contribution >= 0.6 is 0 Å². The third-order valence-corrected chi connectivity index (χ3v) is 2.96. The van der Waals surface area contributed by atoms with Crippen LogP contribution in [0.15, 0.2) is 60.7 Å². The molecular weight excluding hydrogens is 241 g/mol. The van der Waals surface area contributed by atoms with Crippen molar-refractivity contribution in [3.05, 3.63) is 66.5 Å². The number of nitrogen functional groups attached to an aromatic ring is 1. The summed E-state index contributed by atoms with van der Waals surface area (Å²) in [6.45, 7) is 0. The van der Waals surface area contributed by atoms with Crippen LogP contribution in [-0.4, -0.2) is 0 Å². The smallest absolute Gasteiger partial charge is 0.153 e. The molecule has 0 aliphatic carbocycles. The Bertz CT molecular complexity index is 740. The summed E-state index contributed by atoms with van der Waals surface area (Å²) < 4.78 is 19.0. The van der Waals surface area contributed by atoms with Crippen molar-refractivity contribution in [3.63, 3.8) is 0 Å². The predicted octanol–water partition coefficient (Wildman–Crippen LogP) is 4.35. The van der Waals surface area contributed by atoms with Crippen LogP contribution in [-0.2, 0) is 0 Å². The number of hydrogen-bond acceptors (Lipinski definition) is 2. The van der Waals surface area contributed by atoms with Crippen molar-refractivity contribution in [2.45, 2.75) is 0 Å². The molecule has 0 aromatic heterocycles. The molecule has 2 N–H and O–H groups in total. The van der Waals surface area contributed by atoms with Crippen LogP contribution in [0.3, 0.4) is 0 Å². The lowest BCUT2D eigenvalue weighted by Crippen LogP contribution is -1.95. The zero-order valence-corrected chi connectivity index (χ0v) is 10.1. The van der Waals surface area contributed by atoms with Gasteiger partial charge in [-0.2, -0.15) is 0 Å². The topological polar surface area (TPSA) is 35.2 Å². The molecule has 0 heterocycles. The highest BCUT2D eigenvalue weighted by atomic mass is 19.1. The third-order valence-electron chi connectivity index (χ3n) is 2.96. The highest BCUT2D eigenvalue weighted by Crippen LogP contribution is 2.30. The Balaban J connectivity index is 1.99. The molecule has 3 heteroatoms. The van der Waals surface area contributed by atoms with E-state index in [-0.39, 0.29) is 5.69 Å². The van der Waals surface area contributed by atoms with Gasteiger partial charge in [0.05, 0.1) is 0 Å². The Labute approximate surface area is 110 Å². The average Bonchev–Trinajstić information content (AvgIpc) is 2.44. The third kappa shape index (κ3) is 2.22. The lowest BCUT2D eigenvalue weighted by molar-refractivity contribution is 0.481. The van der Waals surface area contributed by atoms with Crippen molar-refractivity contribution in [2.24, 2.45) is 0 Å². The van der Waals surface area contributed by atoms with E-state index in [0.29, 0.717) is 11.5 Å². The number of rotatable bonds is 2. The van der Waals surface area contributed by atoms with Crippen molar-refractivity contribution < 1.29 is 9.13 Å². The van der Waals surface area contributed by atoms with Gasteiger partial charge in [-0.25, -0.2) is 4.39 Å². The number of halogens is 1. The van der Waals surface area contributed by atoms with Gasteiger partial charge in [-0.15, -0.1) is 0 Å². The molecule has 3 rings (SSSR count). The second kappa shape index (κ2) is 4.61. The summed E-state index contributed by atoms with van der Waals surface area (Å²) in [6.07, 6.45) is 0. The Morgan fingerprint density at radius 3 is 2.47 bits per heavy atom. The minimum atomic E-state index is -0.474. The van der Waals surface area contributed by atoms with Gasteiger partial charge < -0.3 is 10.5 Å². The number of hydrogen-bond donors (Lipinski definition) is 1. The first kappa shape index (κ1) is 11.5. The number of anilines is 1. The Hall–Kier alpha value is -2.55. The molecule has 0 aliphatic heterocycles. The highest BCUT2D eigenvalue weighted by Gasteiger charge is 2.06. The van der Waals surface area contributed by atoms with Gasteiger partial charge >= 0.3 is 0 Å². The van der Waals surface area contributed by atoms with E-state index in [2.05, 4.69) is 0 Å². The molecule has 0 bridgehead atoms. The number of fused-ring (bicyclic) bond motifs is 1. The van der Waals surface area contributed by atoms with Crippen molar-refractivity contribution in [1.29, 1.82) is 0 Å². The molecule has 19 heavy (non-hydrogen) atoms. The first-order chi connectivity index (χ1) is 9.24. The molecule has 0 unspecified atom stereocenters. The summed E-state index contributed by atoms with van der Waals surface area (Å²) in [5.41, 5.74) is 5.67. The fraction of sp³-hybridized carbons (Fsp3) is 0. The average molecular weight is 253 g/mol. The molecule has 0 spiro atoms. The zero-order chi connectivity index (χ0) is 13.2. The standard InChI is InChI=1S/C16H12FNO/c17-14-6-3-7-15(16(14)18)19-13-9-8-11-4-1-2-5-12(11)10-13/h1-10H,18H2. The van der Waals surface area contributed by atoms with E-state index >= 15 is 0 Å². The summed E-state index contributed by atoms with van der Waals surface area (Å²) in [4.78, 5) is 0. The van der Waals surface area contributed by atoms with Gasteiger partial charge in [-0.1, -0.05) is 36.4 Å². The maximum atomic E-state index is 13.3. The molecule has 3 aromatic rings. The van der Waals surface area contributed by atoms with Crippen molar-refractivity contribution in [1.82, 2.24) is 0 Å². The molecule has 0 atom stereocenters. The van der Waals surface area contributed by atoms with Crippen molar-refractivity contribution in [2.75, 3.05) is 5.73 Å². The molecule has 0 aliphatic rings. The molecule has 94 valence electrons. The summed E-state index contributed by atoms with van der Waals surface area (Å²) in [6, 6.07) is 18.2.